The molecule has 0 amide bonds. The van der Waals surface area contributed by atoms with Crippen LogP contribution < -0.4 is 0 Å². The van der Waals surface area contributed by atoms with Gasteiger partial charge in [-0.1, -0.05) is 63.6 Å². The van der Waals surface area contributed by atoms with Crippen LogP contribution in [0.4, 0.5) is 0 Å². The molecule has 24 heavy (non-hydrogen) atoms. The van der Waals surface area contributed by atoms with E-state index in [0.717, 1.165) is 11.8 Å². The van der Waals surface area contributed by atoms with Crippen LogP contribution in [0.1, 0.15) is 79.1 Å². The first-order valence-corrected chi connectivity index (χ1v) is 10.3. The van der Waals surface area contributed by atoms with E-state index in [0.29, 0.717) is 11.3 Å². The van der Waals surface area contributed by atoms with E-state index in [1.165, 1.54) is 62.5 Å². The van der Waals surface area contributed by atoms with E-state index in [1.807, 2.05) is 0 Å². The molecule has 0 aromatic rings. The number of rotatable bonds is 3. The van der Waals surface area contributed by atoms with Crippen molar-refractivity contribution < 1.29 is 0 Å². The molecule has 132 valence electrons. The second-order valence-electron chi connectivity index (χ2n) is 8.78. The van der Waals surface area contributed by atoms with Crippen molar-refractivity contribution in [2.24, 2.45) is 23.2 Å². The lowest BCUT2D eigenvalue weighted by Crippen LogP contribution is -2.32. The fourth-order valence-electron chi connectivity index (χ4n) is 5.48. The van der Waals surface area contributed by atoms with Crippen molar-refractivity contribution in [3.05, 3.63) is 47.1 Å². The van der Waals surface area contributed by atoms with Gasteiger partial charge in [0.05, 0.1) is 0 Å². The summed E-state index contributed by atoms with van der Waals surface area (Å²) in [5, 5.41) is 0. The third-order valence-electron chi connectivity index (χ3n) is 7.34. The Kier molecular flexibility index (Phi) is 5.23. The summed E-state index contributed by atoms with van der Waals surface area (Å²) < 4.78 is 0. The normalized spacial score (nSPS) is 38.3. The summed E-state index contributed by atoms with van der Waals surface area (Å²) in [6.07, 6.45) is 18.0. The van der Waals surface area contributed by atoms with E-state index in [-0.39, 0.29) is 0 Å². The molecular weight excluding hydrogens is 288 g/mol. The average Bonchev–Trinajstić information content (AvgIpc) is 2.93. The molecule has 2 saturated carbocycles. The highest BCUT2D eigenvalue weighted by Crippen LogP contribution is 2.56. The molecule has 0 bridgehead atoms. The minimum absolute atomic E-state index is 0.425. The average molecular weight is 325 g/mol. The zero-order valence-electron chi connectivity index (χ0n) is 16.3. The number of hydrogen-bond acceptors (Lipinski definition) is 0. The first-order chi connectivity index (χ1) is 11.5. The Morgan fingerprint density at radius 1 is 1.29 bits per heavy atom. The van der Waals surface area contributed by atoms with E-state index in [4.69, 9.17) is 0 Å². The van der Waals surface area contributed by atoms with Gasteiger partial charge in [-0.2, -0.15) is 0 Å². The van der Waals surface area contributed by atoms with Gasteiger partial charge in [0, 0.05) is 0 Å². The number of fused-ring (bicyclic) bond motifs is 1. The molecule has 3 aliphatic rings. The van der Waals surface area contributed by atoms with Gasteiger partial charge in [0.2, 0.25) is 0 Å². The van der Waals surface area contributed by atoms with Gasteiger partial charge in [-0.05, 0) is 85.7 Å². The topological polar surface area (TPSA) is 0 Å². The van der Waals surface area contributed by atoms with Crippen molar-refractivity contribution in [3.8, 4) is 0 Å². The Morgan fingerprint density at radius 2 is 2.08 bits per heavy atom. The summed E-state index contributed by atoms with van der Waals surface area (Å²) in [5.41, 5.74) is 6.79. The SMILES string of the molecule is C=C1/C(=C\C=C2/CCC[C@]3(C)C(C(C)CC)=CCC23)CCC[C@@H]1C. The Morgan fingerprint density at radius 3 is 2.83 bits per heavy atom. The van der Waals surface area contributed by atoms with E-state index in [2.05, 4.69) is 52.5 Å². The maximum atomic E-state index is 4.36. The van der Waals surface area contributed by atoms with Crippen LogP contribution in [0.2, 0.25) is 0 Å². The summed E-state index contributed by atoms with van der Waals surface area (Å²) in [5.74, 6) is 2.17. The van der Waals surface area contributed by atoms with Crippen LogP contribution in [-0.4, -0.2) is 0 Å². The molecule has 0 aliphatic heterocycles. The lowest BCUT2D eigenvalue weighted by atomic mass is 9.62. The largest absolute Gasteiger partial charge is 0.0953 e. The molecule has 2 fully saturated rings. The third kappa shape index (κ3) is 3.09. The van der Waals surface area contributed by atoms with Crippen LogP contribution in [0.3, 0.4) is 0 Å². The fourth-order valence-corrected chi connectivity index (χ4v) is 5.48. The molecular formula is C24H36. The third-order valence-corrected chi connectivity index (χ3v) is 7.34. The van der Waals surface area contributed by atoms with Crippen molar-refractivity contribution in [2.45, 2.75) is 79.1 Å². The molecule has 0 saturated heterocycles. The van der Waals surface area contributed by atoms with E-state index in [9.17, 15) is 0 Å². The minimum Gasteiger partial charge on any atom is -0.0953 e. The van der Waals surface area contributed by atoms with Gasteiger partial charge < -0.3 is 0 Å². The summed E-state index contributed by atoms with van der Waals surface area (Å²) in [6, 6.07) is 0. The Balaban J connectivity index is 1.82. The van der Waals surface area contributed by atoms with Crippen molar-refractivity contribution in [3.63, 3.8) is 0 Å². The maximum Gasteiger partial charge on any atom is -0.00451 e. The molecule has 0 N–H and O–H groups in total. The second kappa shape index (κ2) is 7.06. The molecule has 3 rings (SSSR count). The molecule has 0 nitrogen and oxygen atoms in total. The van der Waals surface area contributed by atoms with Crippen molar-refractivity contribution in [1.82, 2.24) is 0 Å². The Labute approximate surface area is 149 Å². The first kappa shape index (κ1) is 17.8. The zero-order valence-corrected chi connectivity index (χ0v) is 16.3. The molecule has 0 radical (unpaired) electrons. The highest BCUT2D eigenvalue weighted by molar-refractivity contribution is 5.38. The number of hydrogen-bond donors (Lipinski definition) is 0. The van der Waals surface area contributed by atoms with Crippen molar-refractivity contribution in [2.75, 3.05) is 0 Å². The Bertz CT molecular complexity index is 585. The highest BCUT2D eigenvalue weighted by atomic mass is 14.5. The monoisotopic (exact) mass is 324 g/mol. The van der Waals surface area contributed by atoms with Gasteiger partial charge in [-0.3, -0.25) is 0 Å². The van der Waals surface area contributed by atoms with Crippen LogP contribution >= 0.6 is 0 Å². The molecule has 4 atom stereocenters. The van der Waals surface area contributed by atoms with Crippen LogP contribution in [0.25, 0.3) is 0 Å². The molecule has 0 heterocycles. The summed E-state index contributed by atoms with van der Waals surface area (Å²) >= 11 is 0. The summed E-state index contributed by atoms with van der Waals surface area (Å²) in [6.45, 7) is 14.0. The van der Waals surface area contributed by atoms with E-state index < -0.39 is 0 Å². The molecule has 0 heteroatoms. The van der Waals surface area contributed by atoms with Crippen LogP contribution in [0.5, 0.6) is 0 Å². The molecule has 3 aliphatic carbocycles. The van der Waals surface area contributed by atoms with Crippen LogP contribution in [-0.2, 0) is 0 Å². The quantitative estimate of drug-likeness (QED) is 0.474. The van der Waals surface area contributed by atoms with Crippen LogP contribution in [0.15, 0.2) is 47.1 Å². The van der Waals surface area contributed by atoms with Gasteiger partial charge in [-0.15, -0.1) is 0 Å². The smallest absolute Gasteiger partial charge is 0.00451 e. The van der Waals surface area contributed by atoms with Gasteiger partial charge in [-0.25, -0.2) is 0 Å². The van der Waals surface area contributed by atoms with Gasteiger partial charge >= 0.3 is 0 Å². The molecule has 2 unspecified atom stereocenters. The second-order valence-corrected chi connectivity index (χ2v) is 8.78. The van der Waals surface area contributed by atoms with E-state index in [1.54, 1.807) is 11.1 Å². The van der Waals surface area contributed by atoms with Crippen molar-refractivity contribution >= 4 is 0 Å². The lowest BCUT2D eigenvalue weighted by molar-refractivity contribution is 0.217. The standard InChI is InChI=1S/C24H36/c1-6-17(2)22-14-15-23-21(11-8-16-24(22,23)5)13-12-20-10-7-9-18(3)19(20)4/h12-14,17-18,23H,4,6-11,15-16H2,1-3,5H3/b20-12-,21-13+/t17?,18-,23?,24+/m0/s1. The van der Waals surface area contributed by atoms with E-state index >= 15 is 0 Å². The molecule has 0 aromatic heterocycles. The van der Waals surface area contributed by atoms with Crippen molar-refractivity contribution in [1.29, 1.82) is 0 Å². The van der Waals surface area contributed by atoms with Gasteiger partial charge in [0.1, 0.15) is 0 Å². The van der Waals surface area contributed by atoms with Crippen LogP contribution in [0, 0.1) is 23.2 Å². The predicted molar refractivity (Wildman–Crippen MR) is 106 cm³/mol. The lowest BCUT2D eigenvalue weighted by Gasteiger charge is -2.42. The molecule has 0 spiro atoms. The summed E-state index contributed by atoms with van der Waals surface area (Å²) in [7, 11) is 0. The zero-order chi connectivity index (χ0) is 17.3. The minimum atomic E-state index is 0.425. The fraction of sp³-hybridized carbons (Fsp3) is 0.667. The molecule has 0 aromatic carbocycles. The first-order valence-electron chi connectivity index (χ1n) is 10.3. The Hall–Kier alpha value is -1.04. The van der Waals surface area contributed by atoms with Gasteiger partial charge in [0.15, 0.2) is 0 Å². The predicted octanol–water partition coefficient (Wildman–Crippen LogP) is 7.40. The maximum absolute atomic E-state index is 4.36. The number of allylic oxidation sites excluding steroid dienone is 7. The summed E-state index contributed by atoms with van der Waals surface area (Å²) in [4.78, 5) is 0. The highest BCUT2D eigenvalue weighted by Gasteiger charge is 2.45. The van der Waals surface area contributed by atoms with Gasteiger partial charge in [0.25, 0.3) is 0 Å².